The first-order chi connectivity index (χ1) is 8.01. The Balaban J connectivity index is 2.15. The first kappa shape index (κ1) is 14.1. The van der Waals surface area contributed by atoms with Gasteiger partial charge in [0.25, 0.3) is 0 Å². The van der Waals surface area contributed by atoms with E-state index in [0.717, 1.165) is 13.0 Å². The molecule has 0 aromatic heterocycles. The van der Waals surface area contributed by atoms with Gasteiger partial charge in [-0.15, -0.1) is 0 Å². The van der Waals surface area contributed by atoms with Gasteiger partial charge in [0.1, 0.15) is 0 Å². The van der Waals surface area contributed by atoms with Crippen molar-refractivity contribution in [2.75, 3.05) is 45.8 Å². The van der Waals surface area contributed by atoms with E-state index in [1.807, 2.05) is 0 Å². The Morgan fingerprint density at radius 2 is 1.71 bits per heavy atom. The Hall–Kier alpha value is -0.980. The molecule has 0 radical (unpaired) electrons. The molecule has 0 spiro atoms. The van der Waals surface area contributed by atoms with Gasteiger partial charge in [0.15, 0.2) is 0 Å². The van der Waals surface area contributed by atoms with Crippen LogP contribution >= 0.6 is 0 Å². The smallest absolute Gasteiger partial charge is 0.301 e. The predicted molar refractivity (Wildman–Crippen MR) is 57.6 cm³/mol. The van der Waals surface area contributed by atoms with Crippen molar-refractivity contribution in [2.45, 2.75) is 12.6 Å². The summed E-state index contributed by atoms with van der Waals surface area (Å²) in [7, 11) is 0. The Kier molecular flexibility index (Phi) is 5.54. The average molecular weight is 251 g/mol. The van der Waals surface area contributed by atoms with E-state index < -0.39 is 12.7 Å². The van der Waals surface area contributed by atoms with E-state index in [2.05, 4.69) is 14.9 Å². The second-order valence-corrected chi connectivity index (χ2v) is 4.04. The zero-order valence-corrected chi connectivity index (χ0v) is 9.53. The largest absolute Gasteiger partial charge is 0.401 e. The summed E-state index contributed by atoms with van der Waals surface area (Å²) >= 11 is 0. The van der Waals surface area contributed by atoms with Gasteiger partial charge in [0.2, 0.25) is 0 Å². The molecule has 1 rings (SSSR count). The van der Waals surface area contributed by atoms with Gasteiger partial charge in [-0.1, -0.05) is 5.11 Å². The van der Waals surface area contributed by atoms with E-state index in [-0.39, 0.29) is 0 Å². The second-order valence-electron chi connectivity index (χ2n) is 4.04. The molecule has 0 bridgehead atoms. The van der Waals surface area contributed by atoms with Crippen molar-refractivity contribution < 1.29 is 13.2 Å². The minimum Gasteiger partial charge on any atom is -0.301 e. The third-order valence-electron chi connectivity index (χ3n) is 2.66. The van der Waals surface area contributed by atoms with Gasteiger partial charge in [0.05, 0.1) is 6.54 Å². The van der Waals surface area contributed by atoms with Gasteiger partial charge in [-0.05, 0) is 18.5 Å². The van der Waals surface area contributed by atoms with E-state index in [0.29, 0.717) is 32.7 Å². The van der Waals surface area contributed by atoms with Gasteiger partial charge in [-0.2, -0.15) is 13.2 Å². The first-order valence-corrected chi connectivity index (χ1v) is 5.53. The minimum atomic E-state index is -4.11. The van der Waals surface area contributed by atoms with Crippen LogP contribution in [0.5, 0.6) is 0 Å². The molecule has 1 aliphatic heterocycles. The summed E-state index contributed by atoms with van der Waals surface area (Å²) in [4.78, 5) is 6.16. The average Bonchev–Trinajstić information content (AvgIpc) is 2.25. The van der Waals surface area contributed by atoms with Crippen molar-refractivity contribution in [2.24, 2.45) is 5.11 Å². The maximum absolute atomic E-state index is 12.1. The summed E-state index contributed by atoms with van der Waals surface area (Å²) < 4.78 is 36.4. The molecule has 5 nitrogen and oxygen atoms in total. The lowest BCUT2D eigenvalue weighted by atomic mass is 10.3. The maximum Gasteiger partial charge on any atom is 0.401 e. The molecule has 1 fully saturated rings. The van der Waals surface area contributed by atoms with Crippen molar-refractivity contribution >= 4 is 0 Å². The summed E-state index contributed by atoms with van der Waals surface area (Å²) in [6.45, 7) is 2.58. The molecule has 0 atom stereocenters. The van der Waals surface area contributed by atoms with Crippen molar-refractivity contribution in [3.05, 3.63) is 10.4 Å². The summed E-state index contributed by atoms with van der Waals surface area (Å²) in [6, 6.07) is 0. The van der Waals surface area contributed by atoms with Crippen LogP contribution < -0.4 is 0 Å². The number of piperazine rings is 1. The van der Waals surface area contributed by atoms with Gasteiger partial charge in [0, 0.05) is 37.6 Å². The minimum absolute atomic E-state index is 0.444. The summed E-state index contributed by atoms with van der Waals surface area (Å²) in [5, 5.41) is 3.41. The SMILES string of the molecule is [N-]=[N+]=NCCCN1CCN(CC(F)(F)F)CC1. The third kappa shape index (κ3) is 6.35. The fourth-order valence-electron chi connectivity index (χ4n) is 1.83. The molecule has 17 heavy (non-hydrogen) atoms. The fraction of sp³-hybridized carbons (Fsp3) is 1.00. The number of azide groups is 1. The van der Waals surface area contributed by atoms with Crippen LogP contribution in [0, 0.1) is 0 Å². The Labute approximate surface area is 97.8 Å². The molecule has 0 amide bonds. The maximum atomic E-state index is 12.1. The molecular formula is C9H16F3N5. The molecule has 98 valence electrons. The molecule has 0 N–H and O–H groups in total. The Morgan fingerprint density at radius 1 is 1.12 bits per heavy atom. The van der Waals surface area contributed by atoms with Crippen molar-refractivity contribution in [1.82, 2.24) is 9.80 Å². The zero-order valence-electron chi connectivity index (χ0n) is 9.53. The van der Waals surface area contributed by atoms with Crippen LogP contribution in [-0.4, -0.2) is 61.8 Å². The number of nitrogens with zero attached hydrogens (tertiary/aromatic N) is 5. The van der Waals surface area contributed by atoms with Crippen LogP contribution in [0.2, 0.25) is 0 Å². The highest BCUT2D eigenvalue weighted by atomic mass is 19.4. The van der Waals surface area contributed by atoms with Crippen molar-refractivity contribution in [1.29, 1.82) is 0 Å². The molecule has 1 aliphatic rings. The highest BCUT2D eigenvalue weighted by Crippen LogP contribution is 2.17. The predicted octanol–water partition coefficient (Wildman–Crippen LogP) is 1.87. The first-order valence-electron chi connectivity index (χ1n) is 5.53. The van der Waals surface area contributed by atoms with E-state index in [1.165, 1.54) is 4.90 Å². The zero-order chi connectivity index (χ0) is 12.7. The number of hydrogen-bond acceptors (Lipinski definition) is 3. The van der Waals surface area contributed by atoms with Crippen LogP contribution in [0.1, 0.15) is 6.42 Å². The van der Waals surface area contributed by atoms with E-state index >= 15 is 0 Å². The van der Waals surface area contributed by atoms with Crippen molar-refractivity contribution in [3.8, 4) is 0 Å². The molecular weight excluding hydrogens is 235 g/mol. The van der Waals surface area contributed by atoms with Crippen LogP contribution in [0.15, 0.2) is 5.11 Å². The number of halogens is 3. The van der Waals surface area contributed by atoms with Gasteiger partial charge >= 0.3 is 6.18 Å². The van der Waals surface area contributed by atoms with Crippen LogP contribution in [0.25, 0.3) is 10.4 Å². The van der Waals surface area contributed by atoms with Crippen molar-refractivity contribution in [3.63, 3.8) is 0 Å². The molecule has 1 saturated heterocycles. The monoisotopic (exact) mass is 251 g/mol. The molecule has 8 heteroatoms. The van der Waals surface area contributed by atoms with E-state index in [1.54, 1.807) is 0 Å². The third-order valence-corrected chi connectivity index (χ3v) is 2.66. The lowest BCUT2D eigenvalue weighted by Crippen LogP contribution is -2.49. The molecule has 0 unspecified atom stereocenters. The van der Waals surface area contributed by atoms with E-state index in [4.69, 9.17) is 5.53 Å². The van der Waals surface area contributed by atoms with Gasteiger partial charge in [-0.3, -0.25) is 4.90 Å². The summed E-state index contributed by atoms with van der Waals surface area (Å²) in [6.07, 6.45) is -3.35. The van der Waals surface area contributed by atoms with Crippen LogP contribution in [0.3, 0.4) is 0 Å². The Bertz CT molecular complexity index is 266. The molecule has 0 saturated carbocycles. The lowest BCUT2D eigenvalue weighted by molar-refractivity contribution is -0.149. The molecule has 0 aromatic rings. The molecule has 1 heterocycles. The summed E-state index contributed by atoms with van der Waals surface area (Å²) in [5.41, 5.74) is 8.08. The highest BCUT2D eigenvalue weighted by Gasteiger charge is 2.31. The number of hydrogen-bond donors (Lipinski definition) is 0. The fourth-order valence-corrected chi connectivity index (χ4v) is 1.83. The Morgan fingerprint density at radius 3 is 2.24 bits per heavy atom. The lowest BCUT2D eigenvalue weighted by Gasteiger charge is -2.34. The van der Waals surface area contributed by atoms with Crippen LogP contribution in [0.4, 0.5) is 13.2 Å². The van der Waals surface area contributed by atoms with Gasteiger partial charge < -0.3 is 4.90 Å². The molecule has 0 aliphatic carbocycles. The quantitative estimate of drug-likeness (QED) is 0.324. The highest BCUT2D eigenvalue weighted by molar-refractivity contribution is 4.74. The van der Waals surface area contributed by atoms with E-state index in [9.17, 15) is 13.2 Å². The number of rotatable bonds is 5. The summed E-state index contributed by atoms with van der Waals surface area (Å²) in [5.74, 6) is 0. The van der Waals surface area contributed by atoms with Crippen LogP contribution in [-0.2, 0) is 0 Å². The second kappa shape index (κ2) is 6.68. The topological polar surface area (TPSA) is 55.2 Å². The van der Waals surface area contributed by atoms with Gasteiger partial charge in [-0.25, -0.2) is 0 Å². The standard InChI is InChI=1S/C9H16F3N5/c10-9(11,12)8-17-6-4-16(5-7-17)3-1-2-14-15-13/h1-8H2. The normalized spacial score (nSPS) is 19.0. The number of alkyl halides is 3. The molecule has 0 aromatic carbocycles.